The highest BCUT2D eigenvalue weighted by atomic mass is 28.4. The molecule has 102 heavy (non-hydrogen) atoms. The van der Waals surface area contributed by atoms with Gasteiger partial charge in [-0.1, -0.05) is 203 Å². The van der Waals surface area contributed by atoms with Crippen LogP contribution in [0.3, 0.4) is 0 Å². The van der Waals surface area contributed by atoms with Crippen LogP contribution in [0.25, 0.3) is 0 Å². The molecule has 11 rings (SSSR count). The fourth-order valence-electron chi connectivity index (χ4n) is 12.0. The summed E-state index contributed by atoms with van der Waals surface area (Å²) >= 11 is 0. The van der Waals surface area contributed by atoms with Crippen molar-refractivity contribution in [2.24, 2.45) is 0 Å². The van der Waals surface area contributed by atoms with Gasteiger partial charge in [0.1, 0.15) is 62.5 Å². The van der Waals surface area contributed by atoms with Gasteiger partial charge < -0.3 is 82.0 Å². The molecule has 0 spiro atoms. The van der Waals surface area contributed by atoms with Crippen molar-refractivity contribution < 1.29 is 94.8 Å². The molecule has 7 aromatic carbocycles. The lowest BCUT2D eigenvalue weighted by Gasteiger charge is -2.51. The molecule has 15 atom stereocenters. The number of hydrogen-bond donors (Lipinski definition) is 3. The van der Waals surface area contributed by atoms with Gasteiger partial charge in [0.05, 0.1) is 48.6 Å². The smallest absolute Gasteiger partial charge is 0.407 e. The van der Waals surface area contributed by atoms with Gasteiger partial charge in [-0.15, -0.1) is 6.58 Å². The number of alkyl carbamates (subject to hydrolysis) is 3. The zero-order valence-electron chi connectivity index (χ0n) is 57.3. The van der Waals surface area contributed by atoms with E-state index in [2.05, 4.69) is 56.4 Å². The van der Waals surface area contributed by atoms with Gasteiger partial charge in [-0.25, -0.2) is 28.8 Å². The van der Waals surface area contributed by atoms with Crippen molar-refractivity contribution in [1.82, 2.24) is 16.0 Å². The maximum atomic E-state index is 15.1. The van der Waals surface area contributed by atoms with Gasteiger partial charge in [0, 0.05) is 5.56 Å². The van der Waals surface area contributed by atoms with Crippen molar-refractivity contribution in [3.63, 3.8) is 0 Å². The Kier molecular flexibility index (Phi) is 25.1. The Morgan fingerprint density at radius 1 is 0.490 bits per heavy atom. The molecule has 3 heterocycles. The van der Waals surface area contributed by atoms with Crippen molar-refractivity contribution in [1.29, 1.82) is 0 Å². The number of amides is 3. The summed E-state index contributed by atoms with van der Waals surface area (Å²) < 4.78 is 92.9. The van der Waals surface area contributed by atoms with Gasteiger partial charge in [-0.05, 0) is 77.6 Å². The zero-order chi connectivity index (χ0) is 71.6. The molecular weight excluding hydrogens is 1330 g/mol. The van der Waals surface area contributed by atoms with Gasteiger partial charge >= 0.3 is 36.2 Å². The molecule has 4 aliphatic rings. The highest BCUT2D eigenvalue weighted by Gasteiger charge is 2.60. The molecule has 3 saturated heterocycles. The van der Waals surface area contributed by atoms with E-state index in [9.17, 15) is 24.0 Å². The lowest BCUT2D eigenvalue weighted by molar-refractivity contribution is -0.357. The fraction of sp³-hybridized carbons (Fsp3) is 0.359. The molecule has 3 aliphatic heterocycles. The average molecular weight is 1410 g/mol. The Hall–Kier alpha value is -9.60. The van der Waals surface area contributed by atoms with E-state index in [1.165, 1.54) is 18.2 Å². The van der Waals surface area contributed by atoms with Gasteiger partial charge in [0.2, 0.25) is 0 Å². The quantitative estimate of drug-likeness (QED) is 0.0197. The van der Waals surface area contributed by atoms with Crippen molar-refractivity contribution in [2.45, 2.75) is 157 Å². The Bertz CT molecular complexity index is 3870. The number of nitrogens with one attached hydrogen (secondary N) is 3. The van der Waals surface area contributed by atoms with Crippen molar-refractivity contribution >= 4 is 44.5 Å². The number of rotatable bonds is 26. The molecule has 7 aromatic rings. The van der Waals surface area contributed by atoms with E-state index < -0.39 is 136 Å². The molecule has 24 heteroatoms. The normalized spacial score (nSPS) is 25.4. The molecule has 0 radical (unpaired) electrons. The van der Waals surface area contributed by atoms with E-state index in [-0.39, 0.29) is 67.8 Å². The third-order valence-electron chi connectivity index (χ3n) is 18.3. The number of esters is 3. The van der Waals surface area contributed by atoms with Crippen LogP contribution in [0.5, 0.6) is 0 Å². The lowest BCUT2D eigenvalue weighted by atomic mass is 9.83. The van der Waals surface area contributed by atoms with Crippen LogP contribution < -0.4 is 16.0 Å². The second-order valence-electron chi connectivity index (χ2n) is 26.4. The molecule has 0 bridgehead atoms. The van der Waals surface area contributed by atoms with Gasteiger partial charge in [-0.2, -0.15) is 0 Å². The van der Waals surface area contributed by atoms with Crippen LogP contribution in [-0.4, -0.2) is 150 Å². The molecule has 1 aliphatic carbocycles. The summed E-state index contributed by atoms with van der Waals surface area (Å²) in [6.07, 6.45) is -19.2. The van der Waals surface area contributed by atoms with Crippen LogP contribution in [0.15, 0.2) is 225 Å². The second-order valence-corrected chi connectivity index (χ2v) is 31.2. The molecule has 0 aromatic heterocycles. The molecule has 3 amide bonds. The number of ether oxygens (including phenoxy) is 13. The minimum Gasteiger partial charge on any atom is -0.454 e. The van der Waals surface area contributed by atoms with E-state index in [4.69, 9.17) is 66.0 Å². The number of benzene rings is 7. The van der Waals surface area contributed by atoms with Crippen LogP contribution >= 0.6 is 0 Å². The summed E-state index contributed by atoms with van der Waals surface area (Å²) in [5.74, 6) is -2.46. The molecule has 536 valence electrons. The number of carbonyl (C=O) groups is 6. The van der Waals surface area contributed by atoms with Gasteiger partial charge in [0.15, 0.2) is 45.5 Å². The monoisotopic (exact) mass is 1410 g/mol. The predicted molar refractivity (Wildman–Crippen MR) is 372 cm³/mol. The SMILES string of the molecule is C=CCO[C@H]1[C@H](O[C@@H]2[C@@H](OC(=O)c3ccccc3)[C@H](NC(=O)OCc3ccccc3)C[C@H](NC(=O)OCc3ccccc3)[C@H]2O[C@H]2O[C@@H]3COC(c4ccccc4)O[C@H]3[C@H](OC(=O)c3ccccc3)[C@H]2NC(=O)OCc2ccccc2)O[C@H](CO[Si](C)(C)C(C)(C)C)[C@H]1OC(=O)c1ccccc1. The summed E-state index contributed by atoms with van der Waals surface area (Å²) in [4.78, 5) is 88.4. The first-order valence-electron chi connectivity index (χ1n) is 33.9. The summed E-state index contributed by atoms with van der Waals surface area (Å²) in [5.41, 5.74) is 2.97. The molecule has 4 fully saturated rings. The molecule has 3 N–H and O–H groups in total. The Morgan fingerprint density at radius 3 is 1.38 bits per heavy atom. The Morgan fingerprint density at radius 2 is 0.912 bits per heavy atom. The first-order valence-corrected chi connectivity index (χ1v) is 36.8. The number of hydrogen-bond acceptors (Lipinski definition) is 20. The average Bonchev–Trinajstić information content (AvgIpc) is 0.959. The van der Waals surface area contributed by atoms with Crippen LogP contribution in [-0.2, 0) is 85.8 Å². The van der Waals surface area contributed by atoms with Crippen LogP contribution in [0.1, 0.15) is 86.8 Å². The Labute approximate surface area is 593 Å². The molecule has 1 saturated carbocycles. The Balaban J connectivity index is 1.07. The highest BCUT2D eigenvalue weighted by molar-refractivity contribution is 6.74. The van der Waals surface area contributed by atoms with E-state index >= 15 is 4.79 Å². The van der Waals surface area contributed by atoms with E-state index in [1.54, 1.807) is 164 Å². The highest BCUT2D eigenvalue weighted by Crippen LogP contribution is 2.42. The van der Waals surface area contributed by atoms with Crippen LogP contribution in [0, 0.1) is 0 Å². The van der Waals surface area contributed by atoms with Crippen LogP contribution in [0.4, 0.5) is 14.4 Å². The predicted octanol–water partition coefficient (Wildman–Crippen LogP) is 11.9. The van der Waals surface area contributed by atoms with Crippen molar-refractivity contribution in [2.75, 3.05) is 19.8 Å². The van der Waals surface area contributed by atoms with E-state index in [1.807, 2.05) is 36.4 Å². The fourth-order valence-corrected chi connectivity index (χ4v) is 13.0. The lowest BCUT2D eigenvalue weighted by Crippen LogP contribution is -2.71. The summed E-state index contributed by atoms with van der Waals surface area (Å²) in [6.45, 7) is 13.1. The molecular formula is C78H85N3O20Si. The minimum atomic E-state index is -2.63. The van der Waals surface area contributed by atoms with Crippen molar-refractivity contribution in [3.05, 3.63) is 264 Å². The standard InChI is InChI=1S/C78H85N3O20Si/c1-7-43-88-68-65(97-70(83)54-37-23-12-24-38-54)60(49-93-102(5,6)78(2,3)4)95-74(68)101-67-62(96-69(82)53-35-21-11-22-36-53)57(79-75(85)90-45-50-29-15-8-16-30-50)44-58(80-76(86)91-46-51-31-17-9-18-32-51)63(67)99-73-61(81-77(87)92-47-52-33-19-10-20-34-52)66(98-71(84)55-39-25-13-26-40-55)64-59(94-73)48-89-72(100-64)56-41-27-14-28-42-56/h7-42,57-68,72-74H,1,43-49H2,2-6H3,(H,79,85)(H,80,86)(H,81,87)/t57-,58+,59-,60-,61-,62+,63-,64-,65-,66-,67-,68-,72?,73-,74+/m1/s1. The maximum absolute atomic E-state index is 15.1. The van der Waals surface area contributed by atoms with E-state index in [0.717, 1.165) is 0 Å². The first kappa shape index (κ1) is 73.6. The largest absolute Gasteiger partial charge is 0.454 e. The minimum absolute atomic E-state index is 0.0815. The number of carbonyl (C=O) groups excluding carboxylic acids is 6. The van der Waals surface area contributed by atoms with Crippen molar-refractivity contribution in [3.8, 4) is 0 Å². The van der Waals surface area contributed by atoms with Gasteiger partial charge in [-0.3, -0.25) is 0 Å². The third kappa shape index (κ3) is 19.3. The second kappa shape index (κ2) is 34.8. The zero-order valence-corrected chi connectivity index (χ0v) is 58.3. The molecule has 1 unspecified atom stereocenters. The van der Waals surface area contributed by atoms with Gasteiger partial charge in [0.25, 0.3) is 0 Å². The molecule has 23 nitrogen and oxygen atoms in total. The number of fused-ring (bicyclic) bond motifs is 1. The van der Waals surface area contributed by atoms with E-state index in [0.29, 0.717) is 22.3 Å². The van der Waals surface area contributed by atoms with Crippen LogP contribution in [0.2, 0.25) is 18.1 Å². The maximum Gasteiger partial charge on any atom is 0.407 e. The topological polar surface area (TPSA) is 268 Å². The summed E-state index contributed by atoms with van der Waals surface area (Å²) in [6, 6.07) is 56.0. The first-order chi connectivity index (χ1) is 49.4. The third-order valence-corrected chi connectivity index (χ3v) is 22.8. The summed E-state index contributed by atoms with van der Waals surface area (Å²) in [7, 11) is -2.63. The summed E-state index contributed by atoms with van der Waals surface area (Å²) in [5, 5.41) is 8.50.